The first kappa shape index (κ1) is 10.4. The van der Waals surface area contributed by atoms with Crippen molar-refractivity contribution in [2.45, 2.75) is 32.4 Å². The SMILES string of the molecule is CCSCCC(C)NC1CNC1. The first-order valence-corrected chi connectivity index (χ1v) is 6.03. The highest BCUT2D eigenvalue weighted by molar-refractivity contribution is 7.99. The Labute approximate surface area is 79.9 Å². The molecule has 0 amide bonds. The van der Waals surface area contributed by atoms with Gasteiger partial charge in [0.05, 0.1) is 0 Å². The van der Waals surface area contributed by atoms with E-state index in [1.54, 1.807) is 0 Å². The van der Waals surface area contributed by atoms with Gasteiger partial charge in [0.25, 0.3) is 0 Å². The van der Waals surface area contributed by atoms with E-state index in [0.29, 0.717) is 6.04 Å². The van der Waals surface area contributed by atoms with Gasteiger partial charge in [-0.15, -0.1) is 0 Å². The summed E-state index contributed by atoms with van der Waals surface area (Å²) in [5, 5.41) is 6.87. The van der Waals surface area contributed by atoms with Gasteiger partial charge in [-0.2, -0.15) is 11.8 Å². The molecule has 1 aliphatic rings. The normalized spacial score (nSPS) is 20.5. The van der Waals surface area contributed by atoms with Crippen LogP contribution in [0.5, 0.6) is 0 Å². The summed E-state index contributed by atoms with van der Waals surface area (Å²) in [7, 11) is 0. The van der Waals surface area contributed by atoms with Crippen LogP contribution in [0.4, 0.5) is 0 Å². The van der Waals surface area contributed by atoms with E-state index in [9.17, 15) is 0 Å². The van der Waals surface area contributed by atoms with Crippen LogP contribution < -0.4 is 10.6 Å². The van der Waals surface area contributed by atoms with E-state index in [4.69, 9.17) is 0 Å². The van der Waals surface area contributed by atoms with Gasteiger partial charge in [0.1, 0.15) is 0 Å². The van der Waals surface area contributed by atoms with Crippen molar-refractivity contribution in [1.82, 2.24) is 10.6 Å². The first-order valence-electron chi connectivity index (χ1n) is 4.87. The minimum Gasteiger partial charge on any atom is -0.314 e. The van der Waals surface area contributed by atoms with Gasteiger partial charge in [0.15, 0.2) is 0 Å². The minimum atomic E-state index is 0.691. The molecule has 0 saturated carbocycles. The Balaban J connectivity index is 1.91. The van der Waals surface area contributed by atoms with Crippen molar-refractivity contribution in [3.63, 3.8) is 0 Å². The van der Waals surface area contributed by atoms with Gasteiger partial charge in [-0.3, -0.25) is 0 Å². The highest BCUT2D eigenvalue weighted by Crippen LogP contribution is 2.05. The zero-order chi connectivity index (χ0) is 8.81. The number of thioether (sulfide) groups is 1. The second-order valence-corrected chi connectivity index (χ2v) is 4.80. The number of nitrogens with one attached hydrogen (secondary N) is 2. The average Bonchev–Trinajstić information content (AvgIpc) is 1.98. The molecule has 2 N–H and O–H groups in total. The van der Waals surface area contributed by atoms with E-state index >= 15 is 0 Å². The molecule has 2 nitrogen and oxygen atoms in total. The van der Waals surface area contributed by atoms with Crippen molar-refractivity contribution >= 4 is 11.8 Å². The van der Waals surface area contributed by atoms with E-state index in [2.05, 4.69) is 24.5 Å². The first-order chi connectivity index (χ1) is 5.83. The summed E-state index contributed by atoms with van der Waals surface area (Å²) in [4.78, 5) is 0. The molecule has 72 valence electrons. The van der Waals surface area contributed by atoms with Crippen LogP contribution in [-0.2, 0) is 0 Å². The Hall–Kier alpha value is 0.270. The third kappa shape index (κ3) is 3.78. The summed E-state index contributed by atoms with van der Waals surface area (Å²) in [5.41, 5.74) is 0. The molecule has 1 heterocycles. The quantitative estimate of drug-likeness (QED) is 0.610. The standard InChI is InChI=1S/C9H20N2S/c1-3-12-5-4-8(2)11-9-6-10-7-9/h8-11H,3-7H2,1-2H3. The molecule has 1 rings (SSSR count). The average molecular weight is 188 g/mol. The van der Waals surface area contributed by atoms with Gasteiger partial charge in [0.2, 0.25) is 0 Å². The second-order valence-electron chi connectivity index (χ2n) is 3.41. The van der Waals surface area contributed by atoms with E-state index in [-0.39, 0.29) is 0 Å². The summed E-state index contributed by atoms with van der Waals surface area (Å²) >= 11 is 2.03. The molecule has 1 fully saturated rings. The minimum absolute atomic E-state index is 0.691. The van der Waals surface area contributed by atoms with Gasteiger partial charge < -0.3 is 10.6 Å². The zero-order valence-corrected chi connectivity index (χ0v) is 8.91. The van der Waals surface area contributed by atoms with Crippen molar-refractivity contribution < 1.29 is 0 Å². The van der Waals surface area contributed by atoms with Crippen LogP contribution in [0.25, 0.3) is 0 Å². The smallest absolute Gasteiger partial charge is 0.0319 e. The molecule has 0 bridgehead atoms. The fraction of sp³-hybridized carbons (Fsp3) is 1.00. The van der Waals surface area contributed by atoms with E-state index in [1.165, 1.54) is 17.9 Å². The summed E-state index contributed by atoms with van der Waals surface area (Å²) < 4.78 is 0. The maximum Gasteiger partial charge on any atom is 0.0319 e. The summed E-state index contributed by atoms with van der Waals surface area (Å²) in [6, 6.07) is 1.43. The third-order valence-electron chi connectivity index (χ3n) is 2.20. The van der Waals surface area contributed by atoms with Crippen LogP contribution in [0.2, 0.25) is 0 Å². The lowest BCUT2D eigenvalue weighted by Gasteiger charge is -2.31. The largest absolute Gasteiger partial charge is 0.314 e. The lowest BCUT2D eigenvalue weighted by molar-refractivity contribution is 0.332. The molecule has 12 heavy (non-hydrogen) atoms. The highest BCUT2D eigenvalue weighted by atomic mass is 32.2. The third-order valence-corrected chi connectivity index (χ3v) is 3.13. The Morgan fingerprint density at radius 2 is 2.33 bits per heavy atom. The van der Waals surface area contributed by atoms with Crippen LogP contribution in [-0.4, -0.2) is 36.7 Å². The molecule has 0 aromatic rings. The Kier molecular flexibility index (Phi) is 5.04. The van der Waals surface area contributed by atoms with E-state index in [0.717, 1.165) is 19.1 Å². The molecule has 1 saturated heterocycles. The fourth-order valence-corrected chi connectivity index (χ4v) is 2.11. The fourth-order valence-electron chi connectivity index (χ4n) is 1.30. The number of hydrogen-bond acceptors (Lipinski definition) is 3. The highest BCUT2D eigenvalue weighted by Gasteiger charge is 2.17. The van der Waals surface area contributed by atoms with Crippen molar-refractivity contribution in [3.8, 4) is 0 Å². The number of hydrogen-bond donors (Lipinski definition) is 2. The van der Waals surface area contributed by atoms with Crippen LogP contribution in [0.1, 0.15) is 20.3 Å². The molecule has 0 aromatic heterocycles. The van der Waals surface area contributed by atoms with Gasteiger partial charge >= 0.3 is 0 Å². The monoisotopic (exact) mass is 188 g/mol. The lowest BCUT2D eigenvalue weighted by atomic mass is 10.1. The molecule has 0 radical (unpaired) electrons. The van der Waals surface area contributed by atoms with Crippen LogP contribution in [0.15, 0.2) is 0 Å². The van der Waals surface area contributed by atoms with Gasteiger partial charge in [0, 0.05) is 25.2 Å². The molecule has 1 unspecified atom stereocenters. The van der Waals surface area contributed by atoms with Crippen molar-refractivity contribution in [3.05, 3.63) is 0 Å². The molecular formula is C9H20N2S. The van der Waals surface area contributed by atoms with Gasteiger partial charge in [-0.25, -0.2) is 0 Å². The molecular weight excluding hydrogens is 168 g/mol. The van der Waals surface area contributed by atoms with Crippen molar-refractivity contribution in [1.29, 1.82) is 0 Å². The molecule has 1 atom stereocenters. The maximum absolute atomic E-state index is 3.60. The van der Waals surface area contributed by atoms with E-state index in [1.807, 2.05) is 11.8 Å². The topological polar surface area (TPSA) is 24.1 Å². The zero-order valence-electron chi connectivity index (χ0n) is 8.10. The molecule has 1 aliphatic heterocycles. The summed E-state index contributed by atoms with van der Waals surface area (Å²) in [6.07, 6.45) is 1.30. The maximum atomic E-state index is 3.60. The van der Waals surface area contributed by atoms with Crippen LogP contribution in [0.3, 0.4) is 0 Å². The van der Waals surface area contributed by atoms with Gasteiger partial charge in [-0.05, 0) is 24.9 Å². The van der Waals surface area contributed by atoms with Gasteiger partial charge in [-0.1, -0.05) is 6.92 Å². The second kappa shape index (κ2) is 5.84. The Morgan fingerprint density at radius 1 is 1.58 bits per heavy atom. The molecule has 0 spiro atoms. The van der Waals surface area contributed by atoms with E-state index < -0.39 is 0 Å². The molecule has 0 aliphatic carbocycles. The van der Waals surface area contributed by atoms with Crippen molar-refractivity contribution in [2.75, 3.05) is 24.6 Å². The predicted molar refractivity (Wildman–Crippen MR) is 56.9 cm³/mol. The van der Waals surface area contributed by atoms with Crippen molar-refractivity contribution in [2.24, 2.45) is 0 Å². The molecule has 0 aromatic carbocycles. The van der Waals surface area contributed by atoms with Crippen LogP contribution in [0, 0.1) is 0 Å². The summed E-state index contributed by atoms with van der Waals surface area (Å²) in [6.45, 7) is 6.82. The number of rotatable bonds is 6. The Bertz CT molecular complexity index is 115. The predicted octanol–water partition coefficient (Wildman–Crippen LogP) is 1.08. The van der Waals surface area contributed by atoms with Crippen LogP contribution >= 0.6 is 11.8 Å². The summed E-state index contributed by atoms with van der Waals surface area (Å²) in [5.74, 6) is 2.54. The molecule has 3 heteroatoms. The Morgan fingerprint density at radius 3 is 2.83 bits per heavy atom. The lowest BCUT2D eigenvalue weighted by Crippen LogP contribution is -2.57.